The van der Waals surface area contributed by atoms with Gasteiger partial charge in [-0.3, -0.25) is 36.9 Å². The molecule has 29 nitrogen and oxygen atoms in total. The number of aromatic amines is 2. The van der Waals surface area contributed by atoms with Gasteiger partial charge in [-0.15, -0.1) is 0 Å². The van der Waals surface area contributed by atoms with E-state index in [-0.39, 0.29) is 45.2 Å². The number of aromatic nitrogens is 4. The van der Waals surface area contributed by atoms with Crippen molar-refractivity contribution in [2.75, 3.05) is 21.3 Å². The first-order valence-electron chi connectivity index (χ1n) is 23.1. The van der Waals surface area contributed by atoms with Crippen LogP contribution in [0.5, 0.6) is 0 Å². The summed E-state index contributed by atoms with van der Waals surface area (Å²) in [6, 6.07) is 24.9. The highest BCUT2D eigenvalue weighted by Gasteiger charge is 2.28. The highest BCUT2D eigenvalue weighted by atomic mass is 32.2. The monoisotopic (exact) mass is 1260 g/mol. The van der Waals surface area contributed by atoms with Gasteiger partial charge in [0.2, 0.25) is 0 Å². The van der Waals surface area contributed by atoms with Gasteiger partial charge in [0.1, 0.15) is 21.4 Å². The minimum absolute atomic E-state index is 0.119. The molecule has 0 saturated heterocycles. The number of H-pyrrole nitrogens is 2. The third-order valence-corrected chi connectivity index (χ3v) is 17.5. The van der Waals surface area contributed by atoms with Crippen LogP contribution in [0.2, 0.25) is 0 Å². The molecule has 432 valence electrons. The summed E-state index contributed by atoms with van der Waals surface area (Å²) in [7, 11) is -31.1. The summed E-state index contributed by atoms with van der Waals surface area (Å²) in [6.45, 7) is 0. The summed E-state index contributed by atoms with van der Waals surface area (Å²) in [5.74, 6) is -1.47. The summed E-state index contributed by atoms with van der Waals surface area (Å²) in [5, 5.41) is 7.82. The average Bonchev–Trinajstić information content (AvgIpc) is 1.27. The summed E-state index contributed by atoms with van der Waals surface area (Å²) in [6.07, 6.45) is 0. The Morgan fingerprint density at radius 3 is 1.06 bits per heavy atom. The molecule has 0 fully saturated rings. The van der Waals surface area contributed by atoms with Crippen LogP contribution in [-0.4, -0.2) is 116 Å². The van der Waals surface area contributed by atoms with Crippen molar-refractivity contribution in [1.29, 1.82) is 0 Å². The number of benzene rings is 8. The molecule has 2 aromatic heterocycles. The van der Waals surface area contributed by atoms with Gasteiger partial charge in [0.05, 0.1) is 53.0 Å². The molecule has 0 atom stereocenters. The Morgan fingerprint density at radius 2 is 0.726 bits per heavy atom. The minimum Gasteiger partial charge on any atom is -0.338 e. The number of hydrogen-bond donors (Lipinski definition) is 12. The number of rotatable bonds is 14. The number of carbonyl (C=O) groups excluding carboxylic acids is 3. The highest BCUT2D eigenvalue weighted by molar-refractivity contribution is 7.87. The van der Waals surface area contributed by atoms with Crippen LogP contribution in [0.4, 0.5) is 27.5 Å². The Labute approximate surface area is 472 Å². The molecule has 35 heteroatoms. The van der Waals surface area contributed by atoms with Crippen molar-refractivity contribution in [1.82, 2.24) is 19.9 Å². The average molecular weight is 1260 g/mol. The number of imidazole rings is 2. The van der Waals surface area contributed by atoms with E-state index in [1.165, 1.54) is 36.4 Å². The maximum atomic E-state index is 13.7. The van der Waals surface area contributed by atoms with Crippen molar-refractivity contribution >= 4 is 145 Å². The minimum atomic E-state index is -5.33. The molecule has 2 heterocycles. The lowest BCUT2D eigenvalue weighted by Crippen LogP contribution is -2.19. The molecule has 0 aliphatic rings. The first-order chi connectivity index (χ1) is 39.1. The lowest BCUT2D eigenvalue weighted by Gasteiger charge is -2.14. The zero-order valence-corrected chi connectivity index (χ0v) is 46.3. The van der Waals surface area contributed by atoms with Gasteiger partial charge in [-0.2, -0.15) is 50.5 Å². The number of fused-ring (bicyclic) bond motifs is 4. The fourth-order valence-corrected chi connectivity index (χ4v) is 12.6. The fraction of sp³-hybridized carbons (Fsp3) is 0. The van der Waals surface area contributed by atoms with Crippen LogP contribution in [0.25, 0.3) is 66.4 Å². The predicted molar refractivity (Wildman–Crippen MR) is 298 cm³/mol. The molecule has 10 aromatic rings. The lowest BCUT2D eigenvalue weighted by molar-refractivity contribution is 0.101. The van der Waals surface area contributed by atoms with Crippen LogP contribution < -0.4 is 21.3 Å². The molecule has 0 bridgehead atoms. The first-order valence-corrected chi connectivity index (χ1v) is 31.7. The van der Waals surface area contributed by atoms with Gasteiger partial charge >= 0.3 is 6.03 Å². The molecule has 4 amide bonds. The van der Waals surface area contributed by atoms with Crippen molar-refractivity contribution in [2.45, 2.75) is 29.4 Å². The predicted octanol–water partition coefficient (Wildman–Crippen LogP) is 6.71. The van der Waals surface area contributed by atoms with Crippen LogP contribution in [-0.2, 0) is 60.7 Å². The van der Waals surface area contributed by atoms with E-state index in [0.29, 0.717) is 70.7 Å². The van der Waals surface area contributed by atoms with E-state index in [9.17, 15) is 92.2 Å². The summed E-state index contributed by atoms with van der Waals surface area (Å²) >= 11 is 0. The second kappa shape index (κ2) is 20.6. The van der Waals surface area contributed by atoms with Crippen LogP contribution in [0.3, 0.4) is 0 Å². The van der Waals surface area contributed by atoms with Crippen molar-refractivity contribution in [3.05, 3.63) is 145 Å². The maximum absolute atomic E-state index is 13.7. The fourth-order valence-electron chi connectivity index (χ4n) is 8.79. The molecule has 84 heavy (non-hydrogen) atoms. The van der Waals surface area contributed by atoms with E-state index in [4.69, 9.17) is 0 Å². The molecule has 0 aliphatic heterocycles. The van der Waals surface area contributed by atoms with Crippen molar-refractivity contribution in [2.24, 2.45) is 0 Å². The third-order valence-electron chi connectivity index (χ3n) is 12.4. The van der Waals surface area contributed by atoms with E-state index in [1.54, 1.807) is 48.5 Å². The molecule has 0 aliphatic carbocycles. The maximum Gasteiger partial charge on any atom is 0.323 e. The summed E-state index contributed by atoms with van der Waals surface area (Å²) in [5.41, 5.74) is 1.22. The number of nitrogens with one attached hydrogen (secondary N) is 6. The highest BCUT2D eigenvalue weighted by Crippen LogP contribution is 2.38. The molecule has 8 aromatic carbocycles. The van der Waals surface area contributed by atoms with Gasteiger partial charge in [0, 0.05) is 44.4 Å². The van der Waals surface area contributed by atoms with Crippen LogP contribution >= 0.6 is 0 Å². The number of carbonyl (C=O) groups is 3. The first kappa shape index (κ1) is 58.1. The zero-order valence-electron chi connectivity index (χ0n) is 41.4. The zero-order chi connectivity index (χ0) is 60.8. The molecular formula is C49H34N8O21S6. The van der Waals surface area contributed by atoms with E-state index < -0.39 is 141 Å². The second-order valence-corrected chi connectivity index (χ2v) is 26.6. The molecule has 0 saturated carbocycles. The number of amides is 4. The van der Waals surface area contributed by atoms with Crippen molar-refractivity contribution in [3.8, 4) is 22.8 Å². The van der Waals surface area contributed by atoms with E-state index >= 15 is 0 Å². The third kappa shape index (κ3) is 12.0. The Morgan fingerprint density at radius 1 is 0.381 bits per heavy atom. The Bertz CT molecular complexity index is 4950. The van der Waals surface area contributed by atoms with Crippen molar-refractivity contribution in [3.63, 3.8) is 0 Å². The molecule has 0 radical (unpaired) electrons. The van der Waals surface area contributed by atoms with Gasteiger partial charge in [0.15, 0.2) is 0 Å². The van der Waals surface area contributed by atoms with Crippen LogP contribution in [0.15, 0.2) is 163 Å². The topological polar surface area (TPSA) is 483 Å². The number of anilines is 4. The SMILES string of the molecule is O=C(Nc1cccc(-c2nc3ccc(C(=O)Nc4cc(S(=O)(=O)O)cc5cc(S(=O)(=O)O)cc(S(=O)(=O)O)c45)cc3[nH]2)c1)Nc1cccc(-c2nc3ccc(C(=O)Nc4cc(S(=O)(=O)O)cc5cc(S(=O)(=O)O)cc(S(=O)(=O)O)c45)cc3[nH]2)c1. The second-order valence-electron chi connectivity index (χ2n) is 18.1. The van der Waals surface area contributed by atoms with E-state index in [1.807, 2.05) is 0 Å². The summed E-state index contributed by atoms with van der Waals surface area (Å²) < 4.78 is 205. The molecule has 10 rings (SSSR count). The van der Waals surface area contributed by atoms with E-state index in [2.05, 4.69) is 41.2 Å². The van der Waals surface area contributed by atoms with Crippen LogP contribution in [0.1, 0.15) is 20.7 Å². The van der Waals surface area contributed by atoms with Crippen molar-refractivity contribution < 1.29 is 92.2 Å². The molecular weight excluding hydrogens is 1230 g/mol. The van der Waals surface area contributed by atoms with E-state index in [0.717, 1.165) is 0 Å². The standard InChI is InChI=1S/C49H34N8O21S6/c58-47(56-39-19-31(79(61,62)63)13-27-15-33(81(67,68)69)21-41(43(27)39)83(73,74)75)25-7-9-35-37(17-25)54-45(52-35)23-3-1-5-29(11-23)50-49(60)51-30-6-2-4-24(12-30)46-53-36-10-8-26(18-38(36)55-46)48(59)57-40-20-32(80(64,65)66)14-28-16-34(82(70,71)72)22-42(44(28)40)84(76,77)78/h1-22H,(H,52,54)(H,53,55)(H,56,58)(H,57,59)(H2,50,51,60)(H,61,62,63)(H,64,65,66)(H,67,68,69)(H,70,71,72)(H,73,74,75)(H,76,77,78). The number of hydrogen-bond acceptors (Lipinski definition) is 17. The smallest absolute Gasteiger partial charge is 0.323 e. The number of nitrogens with zero attached hydrogens (tertiary/aromatic N) is 2. The van der Waals surface area contributed by atoms with Gasteiger partial charge < -0.3 is 31.2 Å². The van der Waals surface area contributed by atoms with Gasteiger partial charge in [-0.25, -0.2) is 14.8 Å². The van der Waals surface area contributed by atoms with Crippen LogP contribution in [0, 0.1) is 0 Å². The van der Waals surface area contributed by atoms with Gasteiger partial charge in [0.25, 0.3) is 72.5 Å². The van der Waals surface area contributed by atoms with Gasteiger partial charge in [-0.1, -0.05) is 24.3 Å². The lowest BCUT2D eigenvalue weighted by atomic mass is 10.1. The summed E-state index contributed by atoms with van der Waals surface area (Å²) in [4.78, 5) is 49.7. The number of urea groups is 1. The quantitative estimate of drug-likeness (QED) is 0.0503. The van der Waals surface area contributed by atoms with Gasteiger partial charge in [-0.05, 0) is 120 Å². The molecule has 0 unspecified atom stereocenters. The normalized spacial score (nSPS) is 12.6. The Balaban J connectivity index is 0.848. The molecule has 12 N–H and O–H groups in total. The Kier molecular flexibility index (Phi) is 14.3. The Hall–Kier alpha value is -9.11. The molecule has 0 spiro atoms. The largest absolute Gasteiger partial charge is 0.338 e.